The fourth-order valence-corrected chi connectivity index (χ4v) is 1.20. The maximum atomic E-state index is 5.71. The van der Waals surface area contributed by atoms with E-state index in [2.05, 4.69) is 0 Å². The Kier molecular flexibility index (Phi) is 2.36. The second-order valence-corrected chi connectivity index (χ2v) is 3.25. The van der Waals surface area contributed by atoms with E-state index in [-0.39, 0.29) is 0 Å². The first-order valence-electron chi connectivity index (χ1n) is 4.41. The third-order valence-corrected chi connectivity index (χ3v) is 2.10. The summed E-state index contributed by atoms with van der Waals surface area (Å²) in [5.74, 6) is 1.31. The van der Waals surface area contributed by atoms with E-state index in [9.17, 15) is 0 Å². The van der Waals surface area contributed by atoms with Crippen molar-refractivity contribution in [3.8, 4) is 5.75 Å². The van der Waals surface area contributed by atoms with Crippen LogP contribution in [0.1, 0.15) is 0 Å². The van der Waals surface area contributed by atoms with Crippen LogP contribution in [0.5, 0.6) is 5.75 Å². The Morgan fingerprint density at radius 1 is 1.38 bits per heavy atom. The average Bonchev–Trinajstić information content (AvgIpc) is 2.05. The molecule has 0 spiro atoms. The smallest absolute Gasteiger partial charge is 0.142 e. The molecule has 0 amide bonds. The number of anilines is 1. The van der Waals surface area contributed by atoms with Crippen LogP contribution in [0.3, 0.4) is 0 Å². The van der Waals surface area contributed by atoms with E-state index < -0.39 is 0 Å². The molecule has 1 saturated heterocycles. The molecule has 1 aliphatic heterocycles. The monoisotopic (exact) mass is 179 g/mol. The van der Waals surface area contributed by atoms with Crippen LogP contribution in [0.2, 0.25) is 0 Å². The molecule has 0 unspecified atom stereocenters. The Morgan fingerprint density at radius 3 is 2.77 bits per heavy atom. The largest absolute Gasteiger partial charge is 0.491 e. The van der Waals surface area contributed by atoms with Gasteiger partial charge in [-0.15, -0.1) is 0 Å². The van der Waals surface area contributed by atoms with Crippen molar-refractivity contribution in [2.75, 3.05) is 25.6 Å². The predicted molar refractivity (Wildman–Crippen MR) is 50.7 cm³/mol. The maximum Gasteiger partial charge on any atom is 0.142 e. The van der Waals surface area contributed by atoms with Gasteiger partial charge in [0.25, 0.3) is 0 Å². The number of nitrogens with two attached hydrogens (primary N) is 1. The molecule has 0 bridgehead atoms. The summed E-state index contributed by atoms with van der Waals surface area (Å²) in [6.45, 7) is 2.33. The molecular formula is C10H13NO2. The van der Waals surface area contributed by atoms with Crippen LogP contribution in [0, 0.1) is 5.92 Å². The van der Waals surface area contributed by atoms with E-state index in [0.29, 0.717) is 18.2 Å². The van der Waals surface area contributed by atoms with E-state index >= 15 is 0 Å². The number of rotatable bonds is 3. The lowest BCUT2D eigenvalue weighted by Crippen LogP contribution is -2.32. The molecule has 2 rings (SSSR count). The van der Waals surface area contributed by atoms with Gasteiger partial charge in [-0.3, -0.25) is 0 Å². The number of benzene rings is 1. The molecule has 0 saturated carbocycles. The summed E-state index contributed by atoms with van der Waals surface area (Å²) in [5.41, 5.74) is 6.41. The van der Waals surface area contributed by atoms with Gasteiger partial charge in [-0.2, -0.15) is 0 Å². The molecule has 1 heterocycles. The molecule has 0 aliphatic carbocycles. The van der Waals surface area contributed by atoms with Gasteiger partial charge in [0, 0.05) is 5.92 Å². The minimum atomic E-state index is 0.541. The fraction of sp³-hybridized carbons (Fsp3) is 0.400. The van der Waals surface area contributed by atoms with E-state index in [1.165, 1.54) is 0 Å². The second kappa shape index (κ2) is 3.66. The van der Waals surface area contributed by atoms with Gasteiger partial charge in [0.1, 0.15) is 5.75 Å². The first-order chi connectivity index (χ1) is 6.36. The lowest BCUT2D eigenvalue weighted by atomic mass is 10.1. The standard InChI is InChI=1S/C10H13NO2/c11-9-3-1-2-4-10(9)13-7-8-5-12-6-8/h1-4,8H,5-7,11H2. The average molecular weight is 179 g/mol. The highest BCUT2D eigenvalue weighted by atomic mass is 16.5. The van der Waals surface area contributed by atoms with Crippen molar-refractivity contribution in [2.45, 2.75) is 0 Å². The molecule has 1 aromatic rings. The highest BCUT2D eigenvalue weighted by Crippen LogP contribution is 2.21. The highest BCUT2D eigenvalue weighted by molar-refractivity contribution is 5.51. The fourth-order valence-electron chi connectivity index (χ4n) is 1.20. The number of hydrogen-bond donors (Lipinski definition) is 1. The zero-order valence-electron chi connectivity index (χ0n) is 7.40. The first kappa shape index (κ1) is 8.38. The second-order valence-electron chi connectivity index (χ2n) is 3.25. The molecule has 1 fully saturated rings. The molecule has 70 valence electrons. The zero-order chi connectivity index (χ0) is 9.10. The SMILES string of the molecule is Nc1ccccc1OCC1COC1. The van der Waals surface area contributed by atoms with Gasteiger partial charge >= 0.3 is 0 Å². The van der Waals surface area contributed by atoms with Gasteiger partial charge < -0.3 is 15.2 Å². The van der Waals surface area contributed by atoms with Crippen molar-refractivity contribution in [3.63, 3.8) is 0 Å². The Hall–Kier alpha value is -1.22. The van der Waals surface area contributed by atoms with E-state index in [0.717, 1.165) is 19.0 Å². The summed E-state index contributed by atoms with van der Waals surface area (Å²) in [4.78, 5) is 0. The zero-order valence-corrected chi connectivity index (χ0v) is 7.40. The lowest BCUT2D eigenvalue weighted by Gasteiger charge is -2.25. The van der Waals surface area contributed by atoms with Gasteiger partial charge in [-0.1, -0.05) is 12.1 Å². The van der Waals surface area contributed by atoms with Crippen LogP contribution in [0.4, 0.5) is 5.69 Å². The summed E-state index contributed by atoms with van der Waals surface area (Å²) in [7, 11) is 0. The maximum absolute atomic E-state index is 5.71. The topological polar surface area (TPSA) is 44.5 Å². The van der Waals surface area contributed by atoms with E-state index in [4.69, 9.17) is 15.2 Å². The van der Waals surface area contributed by atoms with Crippen molar-refractivity contribution in [1.82, 2.24) is 0 Å². The van der Waals surface area contributed by atoms with Gasteiger partial charge in [0.2, 0.25) is 0 Å². The van der Waals surface area contributed by atoms with Crippen molar-refractivity contribution < 1.29 is 9.47 Å². The van der Waals surface area contributed by atoms with Gasteiger partial charge in [0.15, 0.2) is 0 Å². The quantitative estimate of drug-likeness (QED) is 0.711. The summed E-state index contributed by atoms with van der Waals surface area (Å²) in [5, 5.41) is 0. The van der Waals surface area contributed by atoms with Crippen LogP contribution >= 0.6 is 0 Å². The van der Waals surface area contributed by atoms with E-state index in [1.807, 2.05) is 24.3 Å². The molecule has 3 nitrogen and oxygen atoms in total. The highest BCUT2D eigenvalue weighted by Gasteiger charge is 2.19. The molecule has 0 atom stereocenters. The summed E-state index contributed by atoms with van der Waals surface area (Å²) in [6, 6.07) is 7.54. The predicted octanol–water partition coefficient (Wildman–Crippen LogP) is 1.29. The molecule has 0 radical (unpaired) electrons. The summed E-state index contributed by atoms with van der Waals surface area (Å²) in [6.07, 6.45) is 0. The molecule has 1 aromatic carbocycles. The van der Waals surface area contributed by atoms with Crippen molar-refractivity contribution >= 4 is 5.69 Å². The molecule has 3 heteroatoms. The van der Waals surface area contributed by atoms with E-state index in [1.54, 1.807) is 0 Å². The van der Waals surface area contributed by atoms with Crippen LogP contribution in [-0.2, 0) is 4.74 Å². The third-order valence-electron chi connectivity index (χ3n) is 2.10. The van der Waals surface area contributed by atoms with Crippen molar-refractivity contribution in [3.05, 3.63) is 24.3 Å². The Balaban J connectivity index is 1.89. The van der Waals surface area contributed by atoms with Gasteiger partial charge in [-0.05, 0) is 12.1 Å². The third kappa shape index (κ3) is 1.92. The summed E-state index contributed by atoms with van der Waals surface area (Å²) >= 11 is 0. The van der Waals surface area contributed by atoms with Crippen LogP contribution in [0.15, 0.2) is 24.3 Å². The molecule has 0 aromatic heterocycles. The first-order valence-corrected chi connectivity index (χ1v) is 4.41. The molecular weight excluding hydrogens is 166 g/mol. The number of para-hydroxylation sites is 2. The number of hydrogen-bond acceptors (Lipinski definition) is 3. The van der Waals surface area contributed by atoms with Crippen LogP contribution in [0.25, 0.3) is 0 Å². The normalized spacial score (nSPS) is 16.6. The van der Waals surface area contributed by atoms with Crippen LogP contribution in [-0.4, -0.2) is 19.8 Å². The molecule has 1 aliphatic rings. The minimum Gasteiger partial charge on any atom is -0.491 e. The summed E-state index contributed by atoms with van der Waals surface area (Å²) < 4.78 is 10.6. The van der Waals surface area contributed by atoms with Crippen molar-refractivity contribution in [1.29, 1.82) is 0 Å². The van der Waals surface area contributed by atoms with Gasteiger partial charge in [-0.25, -0.2) is 0 Å². The van der Waals surface area contributed by atoms with Crippen LogP contribution < -0.4 is 10.5 Å². The number of nitrogen functional groups attached to an aromatic ring is 1. The Labute approximate surface area is 77.5 Å². The number of ether oxygens (including phenoxy) is 2. The molecule has 13 heavy (non-hydrogen) atoms. The lowest BCUT2D eigenvalue weighted by molar-refractivity contribution is -0.0507. The Bertz CT molecular complexity index is 284. The van der Waals surface area contributed by atoms with Gasteiger partial charge in [0.05, 0.1) is 25.5 Å². The van der Waals surface area contributed by atoms with Crippen molar-refractivity contribution in [2.24, 2.45) is 5.92 Å². The Morgan fingerprint density at radius 2 is 2.15 bits per heavy atom. The molecule has 2 N–H and O–H groups in total. The minimum absolute atomic E-state index is 0.541.